The summed E-state index contributed by atoms with van der Waals surface area (Å²) in [6, 6.07) is 9.06. The molecule has 2 aromatic heterocycles. The number of aryl methyl sites for hydroxylation is 2. The molecule has 1 saturated heterocycles. The molecule has 0 radical (unpaired) electrons. The number of aromatic nitrogens is 2. The topological polar surface area (TPSA) is 105 Å². The quantitative estimate of drug-likeness (QED) is 0.604. The van der Waals surface area contributed by atoms with Gasteiger partial charge in [-0.05, 0) is 73.9 Å². The molecular weight excluding hydrogens is 408 g/mol. The monoisotopic (exact) mass is 433 g/mol. The van der Waals surface area contributed by atoms with E-state index >= 15 is 0 Å². The minimum Gasteiger partial charge on any atom is -0.733 e. The number of likely N-dealkylation sites (tertiary alicyclic amines) is 1. The van der Waals surface area contributed by atoms with Crippen LogP contribution in [0, 0.1) is 11.1 Å². The summed E-state index contributed by atoms with van der Waals surface area (Å²) in [5.74, 6) is 0.206. The smallest absolute Gasteiger partial charge is 0.275 e. The maximum atomic E-state index is 13.5. The third-order valence-corrected chi connectivity index (χ3v) is 7.42. The summed E-state index contributed by atoms with van der Waals surface area (Å²) < 4.78 is 1.59. The van der Waals surface area contributed by atoms with Crippen molar-refractivity contribution in [1.29, 1.82) is 0 Å². The first-order valence-electron chi connectivity index (χ1n) is 11.3. The van der Waals surface area contributed by atoms with Gasteiger partial charge in [-0.3, -0.25) is 14.8 Å². The van der Waals surface area contributed by atoms with Gasteiger partial charge in [0.15, 0.2) is 0 Å². The molecule has 1 aromatic carbocycles. The molecule has 32 heavy (non-hydrogen) atoms. The minimum absolute atomic E-state index is 0.0286. The molecule has 4 heterocycles. The lowest BCUT2D eigenvalue weighted by Crippen LogP contribution is -2.49. The van der Waals surface area contributed by atoms with E-state index in [1.165, 1.54) is 35.6 Å². The number of nitrogens with zero attached hydrogens (tertiary/aromatic N) is 3. The van der Waals surface area contributed by atoms with Gasteiger partial charge in [0.2, 0.25) is 0 Å². The molecule has 0 spiro atoms. The summed E-state index contributed by atoms with van der Waals surface area (Å²) in [5.41, 5.74) is 4.55. The predicted octanol–water partition coefficient (Wildman–Crippen LogP) is 3.16. The number of rotatable bonds is 2. The third-order valence-electron chi connectivity index (χ3n) is 7.42. The highest BCUT2D eigenvalue weighted by Gasteiger charge is 2.37. The third kappa shape index (κ3) is 2.97. The van der Waals surface area contributed by atoms with E-state index in [1.807, 2.05) is 23.1 Å². The van der Waals surface area contributed by atoms with Crippen LogP contribution in [-0.2, 0) is 19.4 Å². The predicted molar refractivity (Wildman–Crippen MR) is 120 cm³/mol. The Hall–Kier alpha value is -3.10. The number of carbonyl (C=O) groups excluding carboxylic acids is 1. The molecule has 3 aliphatic rings. The Labute approximate surface area is 184 Å². The number of piperidine rings is 1. The number of fused-ring (bicyclic) bond motifs is 7. The molecule has 3 aromatic rings. The van der Waals surface area contributed by atoms with Gasteiger partial charge in [-0.15, -0.1) is 0 Å². The molecule has 2 bridgehead atoms. The second kappa shape index (κ2) is 7.21. The zero-order valence-electron chi connectivity index (χ0n) is 17.7. The van der Waals surface area contributed by atoms with Crippen LogP contribution in [0.5, 0.6) is 0 Å². The van der Waals surface area contributed by atoms with Crippen LogP contribution in [0.15, 0.2) is 35.1 Å². The summed E-state index contributed by atoms with van der Waals surface area (Å²) >= 11 is 0. The SMILES string of the molecule is O=C(c1ccc2[nH]c3c(c2c1)CCCC3)N1CC2CC(C1)c1ccc(N([O-])O)c(=O)n1C2. The number of pyridine rings is 1. The highest BCUT2D eigenvalue weighted by molar-refractivity contribution is 5.99. The number of anilines is 1. The normalized spacial score (nSPS) is 21.9. The molecule has 2 atom stereocenters. The fourth-order valence-corrected chi connectivity index (χ4v) is 5.97. The van der Waals surface area contributed by atoms with E-state index in [2.05, 4.69) is 4.98 Å². The summed E-state index contributed by atoms with van der Waals surface area (Å²) in [7, 11) is 0. The molecule has 1 fully saturated rings. The van der Waals surface area contributed by atoms with E-state index in [4.69, 9.17) is 0 Å². The first-order valence-corrected chi connectivity index (χ1v) is 11.3. The number of carbonyl (C=O) groups is 1. The van der Waals surface area contributed by atoms with Gasteiger partial charge in [0.05, 0.1) is 0 Å². The Morgan fingerprint density at radius 2 is 1.97 bits per heavy atom. The molecular formula is C24H25N4O4-. The number of aromatic amines is 1. The van der Waals surface area contributed by atoms with Crippen LogP contribution >= 0.6 is 0 Å². The van der Waals surface area contributed by atoms with E-state index in [1.54, 1.807) is 10.6 Å². The van der Waals surface area contributed by atoms with Crippen molar-refractivity contribution in [3.63, 3.8) is 0 Å². The number of benzene rings is 1. The molecule has 2 aliphatic heterocycles. The molecule has 6 rings (SSSR count). The van der Waals surface area contributed by atoms with E-state index < -0.39 is 5.56 Å². The van der Waals surface area contributed by atoms with Gasteiger partial charge in [-0.2, -0.15) is 0 Å². The molecule has 8 heteroatoms. The number of nitrogens with one attached hydrogen (secondary N) is 1. The molecule has 166 valence electrons. The summed E-state index contributed by atoms with van der Waals surface area (Å²) in [5, 5.41) is 21.3. The van der Waals surface area contributed by atoms with Crippen LogP contribution in [0.3, 0.4) is 0 Å². The molecule has 1 amide bonds. The Morgan fingerprint density at radius 3 is 2.81 bits per heavy atom. The van der Waals surface area contributed by atoms with Crippen molar-refractivity contribution >= 4 is 22.5 Å². The van der Waals surface area contributed by atoms with Gasteiger partial charge in [0, 0.05) is 53.4 Å². The van der Waals surface area contributed by atoms with Crippen LogP contribution < -0.4 is 10.8 Å². The highest BCUT2D eigenvalue weighted by Crippen LogP contribution is 2.36. The summed E-state index contributed by atoms with van der Waals surface area (Å²) in [6.45, 7) is 1.56. The van der Waals surface area contributed by atoms with Gasteiger partial charge in [-0.25, -0.2) is 0 Å². The van der Waals surface area contributed by atoms with Crippen molar-refractivity contribution in [1.82, 2.24) is 14.5 Å². The molecule has 0 saturated carbocycles. The molecule has 2 unspecified atom stereocenters. The zero-order valence-corrected chi connectivity index (χ0v) is 17.7. The second-order valence-electron chi connectivity index (χ2n) is 9.39. The first-order chi connectivity index (χ1) is 15.5. The van der Waals surface area contributed by atoms with E-state index in [0.29, 0.717) is 25.2 Å². The van der Waals surface area contributed by atoms with Crippen molar-refractivity contribution in [2.24, 2.45) is 5.92 Å². The van der Waals surface area contributed by atoms with Crippen molar-refractivity contribution in [3.05, 3.63) is 68.4 Å². The van der Waals surface area contributed by atoms with E-state index in [-0.39, 0.29) is 28.7 Å². The maximum absolute atomic E-state index is 13.5. The number of amides is 1. The summed E-state index contributed by atoms with van der Waals surface area (Å²) in [6.07, 6.45) is 5.44. The van der Waals surface area contributed by atoms with Crippen LogP contribution in [0.4, 0.5) is 5.69 Å². The van der Waals surface area contributed by atoms with Gasteiger partial charge in [0.1, 0.15) is 5.69 Å². The van der Waals surface area contributed by atoms with Crippen LogP contribution in [-0.4, -0.2) is 38.7 Å². The highest BCUT2D eigenvalue weighted by atomic mass is 16.8. The Balaban J connectivity index is 1.30. The average Bonchev–Trinajstić information content (AvgIpc) is 3.17. The fraction of sp³-hybridized carbons (Fsp3) is 0.417. The van der Waals surface area contributed by atoms with E-state index in [0.717, 1.165) is 30.5 Å². The minimum atomic E-state index is -0.475. The van der Waals surface area contributed by atoms with Crippen molar-refractivity contribution in [3.8, 4) is 0 Å². The number of hydrogen-bond donors (Lipinski definition) is 2. The average molecular weight is 433 g/mol. The largest absolute Gasteiger partial charge is 0.733 e. The molecule has 8 nitrogen and oxygen atoms in total. The number of H-pyrrole nitrogens is 1. The van der Waals surface area contributed by atoms with Crippen molar-refractivity contribution in [2.75, 3.05) is 18.3 Å². The standard InChI is InChI=1S/C24H25N4O4/c29-23(15-5-6-20-18(10-15)17-3-1-2-4-19(17)25-20)26-11-14-9-16(13-26)21-7-8-22(28(31)32)24(30)27(21)12-14/h5-8,10,14,16,25,31H,1-4,9,11-13H2/q-1. The maximum Gasteiger partial charge on any atom is 0.275 e. The second-order valence-corrected chi connectivity index (χ2v) is 9.39. The lowest BCUT2D eigenvalue weighted by Gasteiger charge is -2.43. The first kappa shape index (κ1) is 19.6. The Bertz CT molecular complexity index is 1290. The van der Waals surface area contributed by atoms with Crippen molar-refractivity contribution < 1.29 is 10.0 Å². The lowest BCUT2D eigenvalue weighted by molar-refractivity contribution is 0.0594. The van der Waals surface area contributed by atoms with Crippen LogP contribution in [0.25, 0.3) is 10.9 Å². The van der Waals surface area contributed by atoms with E-state index in [9.17, 15) is 20.0 Å². The zero-order chi connectivity index (χ0) is 22.0. The Kier molecular flexibility index (Phi) is 4.41. The molecule has 2 N–H and O–H groups in total. The molecule has 1 aliphatic carbocycles. The lowest BCUT2D eigenvalue weighted by atomic mass is 9.83. The summed E-state index contributed by atoms with van der Waals surface area (Å²) in [4.78, 5) is 31.5. The van der Waals surface area contributed by atoms with Gasteiger partial charge < -0.3 is 24.9 Å². The van der Waals surface area contributed by atoms with Gasteiger partial charge in [0.25, 0.3) is 11.5 Å². The van der Waals surface area contributed by atoms with Gasteiger partial charge >= 0.3 is 0 Å². The van der Waals surface area contributed by atoms with Crippen LogP contribution in [0.2, 0.25) is 0 Å². The Morgan fingerprint density at radius 1 is 1.12 bits per heavy atom. The van der Waals surface area contributed by atoms with Crippen LogP contribution in [0.1, 0.15) is 52.5 Å². The number of hydrogen-bond acceptors (Lipinski definition) is 5. The van der Waals surface area contributed by atoms with Gasteiger partial charge in [-0.1, -0.05) is 0 Å². The van der Waals surface area contributed by atoms with Crippen molar-refractivity contribution in [2.45, 2.75) is 44.6 Å². The fourth-order valence-electron chi connectivity index (χ4n) is 5.97.